The van der Waals surface area contributed by atoms with Crippen LogP contribution in [0.15, 0.2) is 72.8 Å². The summed E-state index contributed by atoms with van der Waals surface area (Å²) in [7, 11) is 1.63. The summed E-state index contributed by atoms with van der Waals surface area (Å²) in [5.41, 5.74) is 4.55. The van der Waals surface area contributed by atoms with E-state index in [4.69, 9.17) is 14.6 Å². The van der Waals surface area contributed by atoms with E-state index in [0.717, 1.165) is 35.4 Å². The summed E-state index contributed by atoms with van der Waals surface area (Å²) in [4.78, 5) is 11.4. The molecule has 36 heavy (non-hydrogen) atoms. The second-order valence-corrected chi connectivity index (χ2v) is 8.49. The van der Waals surface area contributed by atoms with Crippen LogP contribution in [-0.2, 0) is 17.8 Å². The maximum atomic E-state index is 13.7. The number of benzene rings is 3. The van der Waals surface area contributed by atoms with Crippen LogP contribution in [0.5, 0.6) is 11.5 Å². The minimum absolute atomic E-state index is 0.102. The van der Waals surface area contributed by atoms with Crippen LogP contribution in [0.2, 0.25) is 0 Å². The van der Waals surface area contributed by atoms with E-state index in [1.807, 2.05) is 41.1 Å². The van der Waals surface area contributed by atoms with Crippen molar-refractivity contribution in [2.75, 3.05) is 13.7 Å². The quantitative estimate of drug-likeness (QED) is 0.254. The van der Waals surface area contributed by atoms with Gasteiger partial charge in [-0.3, -0.25) is 9.48 Å². The number of nitrogens with zero attached hydrogens (tertiary/aromatic N) is 2. The van der Waals surface area contributed by atoms with Gasteiger partial charge in [-0.1, -0.05) is 37.6 Å². The fourth-order valence-electron chi connectivity index (χ4n) is 4.03. The molecule has 4 aromatic rings. The molecule has 7 heteroatoms. The third kappa shape index (κ3) is 5.92. The first-order valence-corrected chi connectivity index (χ1v) is 11.9. The van der Waals surface area contributed by atoms with E-state index < -0.39 is 5.97 Å². The van der Waals surface area contributed by atoms with Gasteiger partial charge in [0.15, 0.2) is 0 Å². The van der Waals surface area contributed by atoms with Gasteiger partial charge in [0.2, 0.25) is 0 Å². The smallest absolute Gasteiger partial charge is 0.307 e. The van der Waals surface area contributed by atoms with E-state index in [1.165, 1.54) is 12.1 Å². The fourth-order valence-corrected chi connectivity index (χ4v) is 4.03. The van der Waals surface area contributed by atoms with Crippen LogP contribution < -0.4 is 9.47 Å². The number of ether oxygens (including phenoxy) is 2. The van der Waals surface area contributed by atoms with Gasteiger partial charge in [0.25, 0.3) is 0 Å². The molecule has 0 aliphatic carbocycles. The Morgan fingerprint density at radius 1 is 1.03 bits per heavy atom. The predicted octanol–water partition coefficient (Wildman–Crippen LogP) is 6.22. The molecule has 0 unspecified atom stereocenters. The zero-order chi connectivity index (χ0) is 25.5. The normalized spacial score (nSPS) is 10.9. The Balaban J connectivity index is 1.82. The number of carboxylic acids is 1. The first-order valence-electron chi connectivity index (χ1n) is 11.9. The molecular formula is C29H29FN2O4. The van der Waals surface area contributed by atoms with Crippen LogP contribution in [0.1, 0.15) is 30.9 Å². The Morgan fingerprint density at radius 3 is 2.53 bits per heavy atom. The van der Waals surface area contributed by atoms with Crippen LogP contribution in [-0.4, -0.2) is 34.6 Å². The van der Waals surface area contributed by atoms with Crippen molar-refractivity contribution < 1.29 is 23.8 Å². The molecule has 0 bridgehead atoms. The standard InChI is InChI=1S/C29H29FN2O4/c1-3-4-15-36-28-14-9-20(17-29(33)34)16-24(28)25-18-26(21-10-12-23(30)13-11-21)32(31-25)19-22-7-5-6-8-27(22)35-2/h5-14,16,18H,3-4,15,17,19H2,1-2H3,(H,33,34). The highest BCUT2D eigenvalue weighted by Gasteiger charge is 2.18. The number of aliphatic carboxylic acids is 1. The molecule has 1 heterocycles. The average molecular weight is 489 g/mol. The summed E-state index contributed by atoms with van der Waals surface area (Å²) in [6.07, 6.45) is 1.79. The Bertz CT molecular complexity index is 1330. The van der Waals surface area contributed by atoms with Crippen molar-refractivity contribution in [1.82, 2.24) is 9.78 Å². The van der Waals surface area contributed by atoms with Gasteiger partial charge in [-0.2, -0.15) is 5.10 Å². The second-order valence-electron chi connectivity index (χ2n) is 8.49. The van der Waals surface area contributed by atoms with Crippen molar-refractivity contribution in [2.24, 2.45) is 0 Å². The van der Waals surface area contributed by atoms with Gasteiger partial charge in [0, 0.05) is 16.7 Å². The molecule has 0 saturated heterocycles. The molecule has 4 rings (SSSR count). The zero-order valence-electron chi connectivity index (χ0n) is 20.4. The van der Waals surface area contributed by atoms with Crippen LogP contribution in [0.3, 0.4) is 0 Å². The average Bonchev–Trinajstić information content (AvgIpc) is 3.29. The van der Waals surface area contributed by atoms with Crippen molar-refractivity contribution in [3.63, 3.8) is 0 Å². The number of carboxylic acid groups (broad SMARTS) is 1. The molecule has 1 aromatic heterocycles. The highest BCUT2D eigenvalue weighted by Crippen LogP contribution is 2.34. The molecule has 0 fully saturated rings. The lowest BCUT2D eigenvalue weighted by atomic mass is 10.0. The summed E-state index contributed by atoms with van der Waals surface area (Å²) in [6.45, 7) is 3.07. The summed E-state index contributed by atoms with van der Waals surface area (Å²) in [5.74, 6) is 0.161. The molecule has 0 aliphatic heterocycles. The molecule has 0 amide bonds. The van der Waals surface area contributed by atoms with Gasteiger partial charge in [-0.25, -0.2) is 4.39 Å². The first-order chi connectivity index (χ1) is 17.5. The van der Waals surface area contributed by atoms with Crippen LogP contribution in [0.4, 0.5) is 4.39 Å². The molecule has 1 N–H and O–H groups in total. The third-order valence-electron chi connectivity index (χ3n) is 5.86. The highest BCUT2D eigenvalue weighted by atomic mass is 19.1. The molecule has 0 radical (unpaired) electrons. The second kappa shape index (κ2) is 11.5. The lowest BCUT2D eigenvalue weighted by molar-refractivity contribution is -0.136. The first kappa shape index (κ1) is 25.0. The largest absolute Gasteiger partial charge is 0.496 e. The lowest BCUT2D eigenvalue weighted by Gasteiger charge is -2.12. The topological polar surface area (TPSA) is 73.6 Å². The Hall–Kier alpha value is -4.13. The molecule has 6 nitrogen and oxygen atoms in total. The number of rotatable bonds is 11. The summed E-state index contributed by atoms with van der Waals surface area (Å²) in [5, 5.41) is 14.2. The predicted molar refractivity (Wildman–Crippen MR) is 137 cm³/mol. The van der Waals surface area contributed by atoms with E-state index in [2.05, 4.69) is 6.92 Å². The van der Waals surface area contributed by atoms with Gasteiger partial charge < -0.3 is 14.6 Å². The molecule has 0 atom stereocenters. The Labute approximate surface area is 209 Å². The molecule has 0 aliphatic rings. The minimum atomic E-state index is -0.908. The van der Waals surface area contributed by atoms with Gasteiger partial charge in [0.05, 0.1) is 38.1 Å². The number of hydrogen-bond donors (Lipinski definition) is 1. The van der Waals surface area contributed by atoms with Gasteiger partial charge >= 0.3 is 5.97 Å². The van der Waals surface area contributed by atoms with Crippen LogP contribution >= 0.6 is 0 Å². The van der Waals surface area contributed by atoms with Crippen LogP contribution in [0, 0.1) is 5.82 Å². The minimum Gasteiger partial charge on any atom is -0.496 e. The zero-order valence-corrected chi connectivity index (χ0v) is 20.4. The van der Waals surface area contributed by atoms with Crippen molar-refractivity contribution in [2.45, 2.75) is 32.7 Å². The number of aromatic nitrogens is 2. The molecular weight excluding hydrogens is 459 g/mol. The third-order valence-corrected chi connectivity index (χ3v) is 5.86. The number of unbranched alkanes of at least 4 members (excludes halogenated alkanes) is 1. The van der Waals surface area contributed by atoms with Crippen molar-refractivity contribution in [3.8, 4) is 34.0 Å². The maximum absolute atomic E-state index is 13.7. The van der Waals surface area contributed by atoms with E-state index >= 15 is 0 Å². The monoisotopic (exact) mass is 488 g/mol. The van der Waals surface area contributed by atoms with Gasteiger partial charge in [-0.05, 0) is 60.5 Å². The Morgan fingerprint density at radius 2 is 1.81 bits per heavy atom. The molecule has 3 aromatic carbocycles. The number of halogens is 1. The van der Waals surface area contributed by atoms with E-state index in [0.29, 0.717) is 35.7 Å². The van der Waals surface area contributed by atoms with Crippen molar-refractivity contribution in [1.29, 1.82) is 0 Å². The highest BCUT2D eigenvalue weighted by molar-refractivity contribution is 5.76. The van der Waals surface area contributed by atoms with Gasteiger partial charge in [0.1, 0.15) is 17.3 Å². The molecule has 0 spiro atoms. The van der Waals surface area contributed by atoms with E-state index in [9.17, 15) is 14.3 Å². The SMILES string of the molecule is CCCCOc1ccc(CC(=O)O)cc1-c1cc(-c2ccc(F)cc2)n(Cc2ccccc2OC)n1. The number of hydrogen-bond acceptors (Lipinski definition) is 4. The Kier molecular flexibility index (Phi) is 8.00. The summed E-state index contributed by atoms with van der Waals surface area (Å²) in [6, 6.07) is 21.3. The maximum Gasteiger partial charge on any atom is 0.307 e. The van der Waals surface area contributed by atoms with E-state index in [-0.39, 0.29) is 12.2 Å². The fraction of sp³-hybridized carbons (Fsp3) is 0.241. The molecule has 0 saturated carbocycles. The summed E-state index contributed by atoms with van der Waals surface area (Å²) < 4.78 is 27.1. The van der Waals surface area contributed by atoms with E-state index in [1.54, 1.807) is 31.4 Å². The summed E-state index contributed by atoms with van der Waals surface area (Å²) >= 11 is 0. The van der Waals surface area contributed by atoms with Crippen molar-refractivity contribution >= 4 is 5.97 Å². The van der Waals surface area contributed by atoms with Gasteiger partial charge in [-0.15, -0.1) is 0 Å². The lowest BCUT2D eigenvalue weighted by Crippen LogP contribution is -2.06. The number of methoxy groups -OCH3 is 1. The number of carbonyl (C=O) groups is 1. The van der Waals surface area contributed by atoms with Crippen molar-refractivity contribution in [3.05, 3.63) is 89.7 Å². The van der Waals surface area contributed by atoms with Crippen LogP contribution in [0.25, 0.3) is 22.5 Å². The number of para-hydroxylation sites is 1. The molecule has 186 valence electrons.